The highest BCUT2D eigenvalue weighted by atomic mass is 35.5. The second kappa shape index (κ2) is 7.21. The van der Waals surface area contributed by atoms with Gasteiger partial charge in [0.05, 0.1) is 12.8 Å². The average molecular weight is 274 g/mol. The molecule has 1 unspecified atom stereocenters. The minimum atomic E-state index is -0.536. The number of benzene rings is 1. The second-order valence-corrected chi connectivity index (χ2v) is 4.42. The number of anilines is 1. The van der Waals surface area contributed by atoms with Crippen LogP contribution in [0.25, 0.3) is 0 Å². The number of carbonyl (C=O) groups is 1. The third-order valence-corrected chi connectivity index (χ3v) is 2.83. The molecule has 1 rings (SSSR count). The van der Waals surface area contributed by atoms with Gasteiger partial charge in [0.15, 0.2) is 0 Å². The zero-order valence-corrected chi connectivity index (χ0v) is 11.3. The standard InChI is InChI=1S/C13H17ClFNO2/c1-3-4-5-12(13(17)18-2)16-11-7-6-9(14)8-10(11)15/h6-8,12,16H,3-5H2,1-2H3. The average Bonchev–Trinajstić information content (AvgIpc) is 2.36. The Bertz CT molecular complexity index is 412. The van der Waals surface area contributed by atoms with Gasteiger partial charge in [-0.05, 0) is 24.6 Å². The molecule has 1 aromatic rings. The number of methoxy groups -OCH3 is 1. The van der Waals surface area contributed by atoms with E-state index in [2.05, 4.69) is 5.32 Å². The Balaban J connectivity index is 2.78. The highest BCUT2D eigenvalue weighted by Gasteiger charge is 2.19. The number of hydrogen-bond donors (Lipinski definition) is 1. The molecule has 18 heavy (non-hydrogen) atoms. The first-order valence-corrected chi connectivity index (χ1v) is 6.25. The van der Waals surface area contributed by atoms with Gasteiger partial charge in [0.25, 0.3) is 0 Å². The maximum atomic E-state index is 13.6. The van der Waals surface area contributed by atoms with Gasteiger partial charge in [0.1, 0.15) is 11.9 Å². The number of carbonyl (C=O) groups excluding carboxylic acids is 1. The fourth-order valence-electron chi connectivity index (χ4n) is 1.59. The molecule has 0 bridgehead atoms. The molecule has 1 N–H and O–H groups in total. The topological polar surface area (TPSA) is 38.3 Å². The number of ether oxygens (including phenoxy) is 1. The molecule has 0 fully saturated rings. The van der Waals surface area contributed by atoms with E-state index >= 15 is 0 Å². The van der Waals surface area contributed by atoms with Crippen LogP contribution in [-0.4, -0.2) is 19.1 Å². The van der Waals surface area contributed by atoms with Crippen LogP contribution in [0.3, 0.4) is 0 Å². The molecule has 0 saturated heterocycles. The molecule has 1 atom stereocenters. The van der Waals surface area contributed by atoms with Gasteiger partial charge >= 0.3 is 5.97 Å². The summed E-state index contributed by atoms with van der Waals surface area (Å²) in [5.74, 6) is -0.870. The molecule has 0 spiro atoms. The lowest BCUT2D eigenvalue weighted by molar-refractivity contribution is -0.141. The van der Waals surface area contributed by atoms with Crippen molar-refractivity contribution in [2.75, 3.05) is 12.4 Å². The van der Waals surface area contributed by atoms with Crippen molar-refractivity contribution in [2.45, 2.75) is 32.2 Å². The van der Waals surface area contributed by atoms with Gasteiger partial charge in [-0.3, -0.25) is 0 Å². The second-order valence-electron chi connectivity index (χ2n) is 3.99. The molecule has 0 aliphatic carbocycles. The number of unbranched alkanes of at least 4 members (excludes halogenated alkanes) is 1. The van der Waals surface area contributed by atoms with Crippen molar-refractivity contribution >= 4 is 23.3 Å². The Morgan fingerprint density at radius 1 is 1.56 bits per heavy atom. The van der Waals surface area contributed by atoms with Crippen LogP contribution in [0.1, 0.15) is 26.2 Å². The van der Waals surface area contributed by atoms with E-state index in [0.717, 1.165) is 12.8 Å². The molecule has 0 heterocycles. The Morgan fingerprint density at radius 2 is 2.28 bits per heavy atom. The molecule has 5 heteroatoms. The number of halogens is 2. The molecule has 0 aromatic heterocycles. The van der Waals surface area contributed by atoms with Crippen molar-refractivity contribution in [3.8, 4) is 0 Å². The van der Waals surface area contributed by atoms with Gasteiger partial charge in [0.2, 0.25) is 0 Å². The van der Waals surface area contributed by atoms with Gasteiger partial charge < -0.3 is 10.1 Å². The van der Waals surface area contributed by atoms with Crippen molar-refractivity contribution in [1.29, 1.82) is 0 Å². The Labute approximate surface area is 111 Å². The maximum absolute atomic E-state index is 13.6. The molecule has 100 valence electrons. The third-order valence-electron chi connectivity index (χ3n) is 2.59. The van der Waals surface area contributed by atoms with E-state index in [1.54, 1.807) is 6.07 Å². The molecule has 3 nitrogen and oxygen atoms in total. The monoisotopic (exact) mass is 273 g/mol. The molecule has 0 aliphatic rings. The molecule has 0 radical (unpaired) electrons. The predicted octanol–water partition coefficient (Wildman–Crippen LogP) is 3.62. The summed E-state index contributed by atoms with van der Waals surface area (Å²) in [6.45, 7) is 2.03. The van der Waals surface area contributed by atoms with Gasteiger partial charge in [-0.15, -0.1) is 0 Å². The highest BCUT2D eigenvalue weighted by Crippen LogP contribution is 2.20. The summed E-state index contributed by atoms with van der Waals surface area (Å²) in [6.07, 6.45) is 2.42. The van der Waals surface area contributed by atoms with E-state index in [0.29, 0.717) is 11.4 Å². The first-order chi connectivity index (χ1) is 8.58. The van der Waals surface area contributed by atoms with Crippen LogP contribution in [0.5, 0.6) is 0 Å². The van der Waals surface area contributed by atoms with Crippen LogP contribution in [0.2, 0.25) is 5.02 Å². The van der Waals surface area contributed by atoms with Crippen molar-refractivity contribution in [1.82, 2.24) is 0 Å². The van der Waals surface area contributed by atoms with E-state index in [1.807, 2.05) is 6.92 Å². The Hall–Kier alpha value is -1.29. The maximum Gasteiger partial charge on any atom is 0.328 e. The number of hydrogen-bond acceptors (Lipinski definition) is 3. The van der Waals surface area contributed by atoms with Gasteiger partial charge in [-0.2, -0.15) is 0 Å². The lowest BCUT2D eigenvalue weighted by Crippen LogP contribution is -2.31. The summed E-state index contributed by atoms with van der Waals surface area (Å²) >= 11 is 5.67. The Kier molecular flexibility index (Phi) is 5.92. The van der Waals surface area contributed by atoms with Crippen LogP contribution in [0.4, 0.5) is 10.1 Å². The van der Waals surface area contributed by atoms with E-state index in [1.165, 1.54) is 19.2 Å². The lowest BCUT2D eigenvalue weighted by atomic mass is 10.1. The van der Waals surface area contributed by atoms with E-state index in [-0.39, 0.29) is 5.69 Å². The predicted molar refractivity (Wildman–Crippen MR) is 70.4 cm³/mol. The SMILES string of the molecule is CCCCC(Nc1ccc(Cl)cc1F)C(=O)OC. The largest absolute Gasteiger partial charge is 0.467 e. The summed E-state index contributed by atoms with van der Waals surface area (Å²) in [4.78, 5) is 11.6. The van der Waals surface area contributed by atoms with Crippen LogP contribution in [0.15, 0.2) is 18.2 Å². The smallest absolute Gasteiger partial charge is 0.328 e. The lowest BCUT2D eigenvalue weighted by Gasteiger charge is -2.17. The first-order valence-electron chi connectivity index (χ1n) is 5.88. The van der Waals surface area contributed by atoms with Crippen molar-refractivity contribution in [3.63, 3.8) is 0 Å². The molecule has 0 amide bonds. The van der Waals surface area contributed by atoms with Crippen LogP contribution in [-0.2, 0) is 9.53 Å². The van der Waals surface area contributed by atoms with E-state index < -0.39 is 17.8 Å². The zero-order chi connectivity index (χ0) is 13.5. The number of esters is 1. The minimum absolute atomic E-state index is 0.255. The molecular weight excluding hydrogens is 257 g/mol. The van der Waals surface area contributed by atoms with Crippen molar-refractivity contribution in [2.24, 2.45) is 0 Å². The van der Waals surface area contributed by atoms with E-state index in [9.17, 15) is 9.18 Å². The van der Waals surface area contributed by atoms with Crippen LogP contribution >= 0.6 is 11.6 Å². The molecular formula is C13H17ClFNO2. The molecule has 0 saturated carbocycles. The van der Waals surface area contributed by atoms with E-state index in [4.69, 9.17) is 16.3 Å². The highest BCUT2D eigenvalue weighted by molar-refractivity contribution is 6.30. The summed E-state index contributed by atoms with van der Waals surface area (Å²) in [7, 11) is 1.32. The van der Waals surface area contributed by atoms with Crippen molar-refractivity contribution in [3.05, 3.63) is 29.0 Å². The molecule has 0 aliphatic heterocycles. The summed E-state index contributed by atoms with van der Waals surface area (Å²) < 4.78 is 18.3. The van der Waals surface area contributed by atoms with Gasteiger partial charge in [0, 0.05) is 5.02 Å². The summed E-state index contributed by atoms with van der Waals surface area (Å²) in [5.41, 5.74) is 0.255. The minimum Gasteiger partial charge on any atom is -0.467 e. The van der Waals surface area contributed by atoms with Crippen LogP contribution in [0, 0.1) is 5.82 Å². The summed E-state index contributed by atoms with van der Waals surface area (Å²) in [5, 5.41) is 3.17. The quantitative estimate of drug-likeness (QED) is 0.805. The fraction of sp³-hybridized carbons (Fsp3) is 0.462. The first kappa shape index (κ1) is 14.8. The van der Waals surface area contributed by atoms with Crippen LogP contribution < -0.4 is 5.32 Å². The van der Waals surface area contributed by atoms with Crippen molar-refractivity contribution < 1.29 is 13.9 Å². The molecule has 1 aromatic carbocycles. The number of nitrogens with one attached hydrogen (secondary N) is 1. The third kappa shape index (κ3) is 4.18. The zero-order valence-electron chi connectivity index (χ0n) is 10.5. The van der Waals surface area contributed by atoms with Gasteiger partial charge in [-0.1, -0.05) is 31.4 Å². The van der Waals surface area contributed by atoms with Gasteiger partial charge in [-0.25, -0.2) is 9.18 Å². The summed E-state index contributed by atoms with van der Waals surface area (Å²) in [6, 6.07) is 3.75. The fourth-order valence-corrected chi connectivity index (χ4v) is 1.75. The number of rotatable bonds is 6. The normalized spacial score (nSPS) is 12.0. The Morgan fingerprint density at radius 3 is 2.83 bits per heavy atom.